The molecule has 0 saturated heterocycles. The molecule has 0 amide bonds. The van der Waals surface area contributed by atoms with Crippen LogP contribution in [0.5, 0.6) is 0 Å². The predicted octanol–water partition coefficient (Wildman–Crippen LogP) is 0.548. The number of esters is 1. The highest BCUT2D eigenvalue weighted by atomic mass is 16.6. The normalized spacial score (nSPS) is 11.1. The highest BCUT2D eigenvalue weighted by molar-refractivity contribution is 5.81. The smallest absolute Gasteiger partial charge is 0.330 e. The van der Waals surface area contributed by atoms with Gasteiger partial charge in [0.2, 0.25) is 0 Å². The topological polar surface area (TPSA) is 137 Å². The van der Waals surface area contributed by atoms with Gasteiger partial charge in [-0.15, -0.1) is 6.42 Å². The molecule has 0 heterocycles. The van der Waals surface area contributed by atoms with Gasteiger partial charge in [-0.05, 0) is 0 Å². The van der Waals surface area contributed by atoms with Crippen molar-refractivity contribution in [3.8, 4) is 12.3 Å². The van der Waals surface area contributed by atoms with Gasteiger partial charge >= 0.3 is 5.97 Å². The molecule has 258 valence electrons. The average Bonchev–Trinajstić information content (AvgIpc) is 3.04. The van der Waals surface area contributed by atoms with E-state index in [2.05, 4.69) is 12.5 Å². The van der Waals surface area contributed by atoms with Crippen LogP contribution in [0.1, 0.15) is 0 Å². The van der Waals surface area contributed by atoms with Crippen LogP contribution < -0.4 is 0 Å². The van der Waals surface area contributed by atoms with Crippen LogP contribution in [-0.4, -0.2) is 171 Å². The Kier molecular flexibility index (Phi) is 37.8. The first kappa shape index (κ1) is 42.3. The second kappa shape index (κ2) is 39.3. The summed E-state index contributed by atoms with van der Waals surface area (Å²) in [6, 6.07) is 0. The summed E-state index contributed by atoms with van der Waals surface area (Å²) in [7, 11) is 0. The van der Waals surface area contributed by atoms with Crippen LogP contribution >= 0.6 is 0 Å². The fraction of sp³-hybridized carbons (Fsp3) is 0.833. The SMILES string of the molecule is C#CCOCCOCCOCCOCCOCCOCCOCCOCCOCCOCCOCCOCCOC(=O)C=C. The monoisotopic (exact) mass is 638 g/mol. The second-order valence-electron chi connectivity index (χ2n) is 8.36. The highest BCUT2D eigenvalue weighted by Gasteiger charge is 1.97. The number of terminal acetylenes is 1. The Morgan fingerprint density at radius 2 is 0.614 bits per heavy atom. The minimum atomic E-state index is -0.461. The van der Waals surface area contributed by atoms with E-state index in [1.807, 2.05) is 0 Å². The van der Waals surface area contributed by atoms with E-state index in [-0.39, 0.29) is 6.61 Å². The first-order valence-electron chi connectivity index (χ1n) is 15.0. The summed E-state index contributed by atoms with van der Waals surface area (Å²) in [5, 5.41) is 0. The number of rotatable bonds is 38. The molecule has 14 heteroatoms. The lowest BCUT2D eigenvalue weighted by Crippen LogP contribution is -2.15. The summed E-state index contributed by atoms with van der Waals surface area (Å²) >= 11 is 0. The number of carbonyl (C=O) groups excluding carboxylic acids is 1. The molecule has 0 radical (unpaired) electrons. The average molecular weight is 639 g/mol. The molecule has 0 aromatic heterocycles. The first-order valence-corrected chi connectivity index (χ1v) is 15.0. The molecule has 0 aliphatic heterocycles. The van der Waals surface area contributed by atoms with Gasteiger partial charge in [0.1, 0.15) is 13.2 Å². The molecule has 14 nitrogen and oxygen atoms in total. The van der Waals surface area contributed by atoms with Crippen LogP contribution in [0.2, 0.25) is 0 Å². The molecule has 0 aromatic carbocycles. The predicted molar refractivity (Wildman–Crippen MR) is 160 cm³/mol. The molecule has 0 aromatic rings. The Labute approximate surface area is 262 Å². The fourth-order valence-electron chi connectivity index (χ4n) is 2.81. The van der Waals surface area contributed by atoms with Crippen LogP contribution in [0.4, 0.5) is 0 Å². The van der Waals surface area contributed by atoms with Crippen molar-refractivity contribution in [2.75, 3.05) is 165 Å². The van der Waals surface area contributed by atoms with Gasteiger partial charge in [-0.3, -0.25) is 0 Å². The number of carbonyl (C=O) groups is 1. The van der Waals surface area contributed by atoms with Gasteiger partial charge in [0.15, 0.2) is 0 Å². The molecule has 0 N–H and O–H groups in total. The van der Waals surface area contributed by atoms with Crippen LogP contribution in [0.15, 0.2) is 12.7 Å². The Hall–Kier alpha value is -1.71. The van der Waals surface area contributed by atoms with E-state index >= 15 is 0 Å². The molecule has 44 heavy (non-hydrogen) atoms. The zero-order valence-electron chi connectivity index (χ0n) is 26.3. The Bertz CT molecular complexity index is 631. The van der Waals surface area contributed by atoms with Crippen LogP contribution in [0.25, 0.3) is 0 Å². The van der Waals surface area contributed by atoms with Gasteiger partial charge < -0.3 is 61.6 Å². The molecule has 0 fully saturated rings. The minimum Gasteiger partial charge on any atom is -0.460 e. The lowest BCUT2D eigenvalue weighted by atomic mass is 10.6. The summed E-state index contributed by atoms with van der Waals surface area (Å²) in [5.74, 6) is 1.93. The van der Waals surface area contributed by atoms with E-state index in [0.29, 0.717) is 159 Å². The lowest BCUT2D eigenvalue weighted by molar-refractivity contribution is -0.139. The van der Waals surface area contributed by atoms with Gasteiger partial charge in [0.25, 0.3) is 0 Å². The van der Waals surface area contributed by atoms with Crippen LogP contribution in [0.3, 0.4) is 0 Å². The van der Waals surface area contributed by atoms with Crippen molar-refractivity contribution in [3.63, 3.8) is 0 Å². The quantitative estimate of drug-likeness (QED) is 0.0403. The van der Waals surface area contributed by atoms with Crippen molar-refractivity contribution in [2.24, 2.45) is 0 Å². The maximum atomic E-state index is 10.8. The van der Waals surface area contributed by atoms with E-state index in [4.69, 9.17) is 68.0 Å². The molecule has 0 unspecified atom stereocenters. The summed E-state index contributed by atoms with van der Waals surface area (Å²) in [6.07, 6.45) is 6.19. The fourth-order valence-corrected chi connectivity index (χ4v) is 2.81. The number of hydrogen-bond acceptors (Lipinski definition) is 14. The molecular formula is C30H54O14. The first-order chi connectivity index (χ1) is 21.8. The third-order valence-electron chi connectivity index (χ3n) is 4.92. The number of hydrogen-bond donors (Lipinski definition) is 0. The van der Waals surface area contributed by atoms with Gasteiger partial charge in [0, 0.05) is 6.08 Å². The molecule has 0 atom stereocenters. The zero-order valence-corrected chi connectivity index (χ0v) is 26.3. The van der Waals surface area contributed by atoms with Crippen molar-refractivity contribution in [1.82, 2.24) is 0 Å². The summed E-state index contributed by atoms with van der Waals surface area (Å²) in [6.45, 7) is 14.9. The summed E-state index contributed by atoms with van der Waals surface area (Å²) in [5.41, 5.74) is 0. The summed E-state index contributed by atoms with van der Waals surface area (Å²) < 4.78 is 69.4. The van der Waals surface area contributed by atoms with Crippen LogP contribution in [-0.2, 0) is 66.4 Å². The molecule has 0 saturated carbocycles. The molecular weight excluding hydrogens is 584 g/mol. The van der Waals surface area contributed by atoms with Gasteiger partial charge in [0.05, 0.1) is 152 Å². The van der Waals surface area contributed by atoms with E-state index in [1.165, 1.54) is 0 Å². The Balaban J connectivity index is 3.05. The standard InChI is InChI=1S/C30H54O14/c1-3-5-32-6-7-33-8-9-34-10-11-35-12-13-36-14-15-37-16-17-38-18-19-39-20-21-40-22-23-41-24-25-42-26-27-43-28-29-44-30(31)4-2/h1,4H,2,5-29H2. The van der Waals surface area contributed by atoms with Gasteiger partial charge in [-0.1, -0.05) is 12.5 Å². The molecule has 0 rings (SSSR count). The second-order valence-corrected chi connectivity index (χ2v) is 8.36. The number of ether oxygens (including phenoxy) is 13. The summed E-state index contributed by atoms with van der Waals surface area (Å²) in [4.78, 5) is 10.8. The van der Waals surface area contributed by atoms with Gasteiger partial charge in [-0.25, -0.2) is 4.79 Å². The largest absolute Gasteiger partial charge is 0.460 e. The minimum absolute atomic E-state index is 0.196. The van der Waals surface area contributed by atoms with Crippen molar-refractivity contribution in [3.05, 3.63) is 12.7 Å². The van der Waals surface area contributed by atoms with Crippen molar-refractivity contribution in [2.45, 2.75) is 0 Å². The van der Waals surface area contributed by atoms with E-state index in [9.17, 15) is 4.79 Å². The molecule has 0 aliphatic carbocycles. The lowest BCUT2D eigenvalue weighted by Gasteiger charge is -2.09. The van der Waals surface area contributed by atoms with Crippen LogP contribution in [0, 0.1) is 12.3 Å². The maximum Gasteiger partial charge on any atom is 0.330 e. The maximum absolute atomic E-state index is 10.8. The van der Waals surface area contributed by atoms with E-state index < -0.39 is 5.97 Å². The zero-order chi connectivity index (χ0) is 31.9. The van der Waals surface area contributed by atoms with E-state index in [1.54, 1.807) is 0 Å². The van der Waals surface area contributed by atoms with Crippen molar-refractivity contribution in [1.29, 1.82) is 0 Å². The molecule has 0 aliphatic rings. The van der Waals surface area contributed by atoms with E-state index in [0.717, 1.165) is 6.08 Å². The van der Waals surface area contributed by atoms with Crippen molar-refractivity contribution < 1.29 is 66.4 Å². The Morgan fingerprint density at radius 1 is 0.409 bits per heavy atom. The third-order valence-corrected chi connectivity index (χ3v) is 4.92. The van der Waals surface area contributed by atoms with Gasteiger partial charge in [-0.2, -0.15) is 0 Å². The van der Waals surface area contributed by atoms with Crippen molar-refractivity contribution >= 4 is 5.97 Å². The molecule has 0 bridgehead atoms. The third kappa shape index (κ3) is 38.3. The molecule has 0 spiro atoms. The Morgan fingerprint density at radius 3 is 0.818 bits per heavy atom. The highest BCUT2D eigenvalue weighted by Crippen LogP contribution is 1.88.